The van der Waals surface area contributed by atoms with Crippen LogP contribution in [0.5, 0.6) is 0 Å². The zero-order chi connectivity index (χ0) is 18.6. The number of carbonyl (C=O) groups is 1. The van der Waals surface area contributed by atoms with Gasteiger partial charge in [0.05, 0.1) is 10.2 Å². The first kappa shape index (κ1) is 18.1. The number of nitrogens with zero attached hydrogens (tertiary/aromatic N) is 3. The number of carbonyl (C=O) groups excluding carboxylic acids is 1. The maximum atomic E-state index is 12.6. The minimum atomic E-state index is -0.0451. The largest absolute Gasteiger partial charge is 0.308 e. The average molecular weight is 382 g/mol. The Balaban J connectivity index is 1.55. The van der Waals surface area contributed by atoms with Gasteiger partial charge < -0.3 is 4.90 Å². The monoisotopic (exact) mass is 381 g/mol. The molecule has 2 aromatic heterocycles. The number of fused-ring (bicyclic) bond motifs is 1. The molecule has 1 aromatic carbocycles. The molecule has 4 rings (SSSR count). The SMILES string of the molecule is O=C(c1ccncc1)c1ccc2c(c1)sc(=O)n2CCN1CCCCCC1. The van der Waals surface area contributed by atoms with Gasteiger partial charge in [0.1, 0.15) is 0 Å². The standard InChI is InChI=1S/C21H23N3O2S/c25-20(16-7-9-22-10-8-16)17-5-6-18-19(15-17)27-21(26)24(18)14-13-23-11-3-1-2-4-12-23/h5-10,15H,1-4,11-14H2. The van der Waals surface area contributed by atoms with Gasteiger partial charge in [0.2, 0.25) is 0 Å². The van der Waals surface area contributed by atoms with Gasteiger partial charge in [0, 0.05) is 36.6 Å². The van der Waals surface area contributed by atoms with Crippen LogP contribution in [0.2, 0.25) is 0 Å². The molecule has 0 aliphatic carbocycles. The van der Waals surface area contributed by atoms with E-state index in [-0.39, 0.29) is 10.7 Å². The molecule has 3 aromatic rings. The van der Waals surface area contributed by atoms with Gasteiger partial charge in [0.15, 0.2) is 5.78 Å². The average Bonchev–Trinajstić information content (AvgIpc) is 2.86. The van der Waals surface area contributed by atoms with Crippen LogP contribution in [0.4, 0.5) is 0 Å². The van der Waals surface area contributed by atoms with E-state index in [2.05, 4.69) is 9.88 Å². The van der Waals surface area contributed by atoms with Gasteiger partial charge in [-0.15, -0.1) is 0 Å². The van der Waals surface area contributed by atoms with Crippen molar-refractivity contribution in [3.63, 3.8) is 0 Å². The summed E-state index contributed by atoms with van der Waals surface area (Å²) in [6, 6.07) is 8.99. The number of benzene rings is 1. The molecule has 0 radical (unpaired) electrons. The summed E-state index contributed by atoms with van der Waals surface area (Å²) in [4.78, 5) is 31.6. The molecule has 0 spiro atoms. The minimum absolute atomic E-state index is 0.0451. The summed E-state index contributed by atoms with van der Waals surface area (Å²) in [7, 11) is 0. The number of likely N-dealkylation sites (tertiary alicyclic amines) is 1. The number of hydrogen-bond donors (Lipinski definition) is 0. The Morgan fingerprint density at radius 2 is 1.70 bits per heavy atom. The fraction of sp³-hybridized carbons (Fsp3) is 0.381. The predicted molar refractivity (Wildman–Crippen MR) is 109 cm³/mol. The second-order valence-electron chi connectivity index (χ2n) is 7.02. The quantitative estimate of drug-likeness (QED) is 0.634. The van der Waals surface area contributed by atoms with E-state index < -0.39 is 0 Å². The van der Waals surface area contributed by atoms with Crippen molar-refractivity contribution in [2.45, 2.75) is 32.2 Å². The normalized spacial score (nSPS) is 15.7. The second kappa shape index (κ2) is 8.15. The second-order valence-corrected chi connectivity index (χ2v) is 8.02. The summed E-state index contributed by atoms with van der Waals surface area (Å²) >= 11 is 1.22. The predicted octanol–water partition coefficient (Wildman–Crippen LogP) is 3.57. The summed E-state index contributed by atoms with van der Waals surface area (Å²) in [6.45, 7) is 3.86. The van der Waals surface area contributed by atoms with Crippen molar-refractivity contribution in [2.24, 2.45) is 0 Å². The van der Waals surface area contributed by atoms with Crippen molar-refractivity contribution in [3.8, 4) is 0 Å². The smallest absolute Gasteiger partial charge is 0.302 e. The highest BCUT2D eigenvalue weighted by Crippen LogP contribution is 2.21. The van der Waals surface area contributed by atoms with E-state index in [1.807, 2.05) is 22.8 Å². The lowest BCUT2D eigenvalue weighted by Crippen LogP contribution is -2.30. The molecular formula is C21H23N3O2S. The van der Waals surface area contributed by atoms with Gasteiger partial charge in [-0.1, -0.05) is 24.2 Å². The first-order valence-corrected chi connectivity index (χ1v) is 10.3. The van der Waals surface area contributed by atoms with Crippen molar-refractivity contribution < 1.29 is 4.79 Å². The summed E-state index contributed by atoms with van der Waals surface area (Å²) in [5.41, 5.74) is 2.14. The summed E-state index contributed by atoms with van der Waals surface area (Å²) in [5.74, 6) is -0.0451. The van der Waals surface area contributed by atoms with E-state index in [1.165, 1.54) is 37.0 Å². The molecular weight excluding hydrogens is 358 g/mol. The first-order valence-electron chi connectivity index (χ1n) is 9.53. The fourth-order valence-electron chi connectivity index (χ4n) is 3.69. The highest BCUT2D eigenvalue weighted by Gasteiger charge is 2.14. The van der Waals surface area contributed by atoms with E-state index in [4.69, 9.17) is 0 Å². The van der Waals surface area contributed by atoms with E-state index >= 15 is 0 Å². The van der Waals surface area contributed by atoms with Gasteiger partial charge in [0.25, 0.3) is 0 Å². The number of aromatic nitrogens is 2. The molecule has 1 aliphatic heterocycles. The Kier molecular flexibility index (Phi) is 5.45. The maximum absolute atomic E-state index is 12.6. The van der Waals surface area contributed by atoms with Crippen molar-refractivity contribution in [2.75, 3.05) is 19.6 Å². The zero-order valence-corrected chi connectivity index (χ0v) is 16.1. The molecule has 0 amide bonds. The highest BCUT2D eigenvalue weighted by atomic mass is 32.1. The Morgan fingerprint density at radius 3 is 2.44 bits per heavy atom. The fourth-order valence-corrected chi connectivity index (χ4v) is 4.65. The summed E-state index contributed by atoms with van der Waals surface area (Å²) in [6.07, 6.45) is 8.35. The minimum Gasteiger partial charge on any atom is -0.302 e. The molecule has 140 valence electrons. The van der Waals surface area contributed by atoms with E-state index in [0.29, 0.717) is 17.7 Å². The van der Waals surface area contributed by atoms with Crippen LogP contribution < -0.4 is 4.87 Å². The van der Waals surface area contributed by atoms with Crippen LogP contribution in [0.15, 0.2) is 47.5 Å². The topological polar surface area (TPSA) is 55.2 Å². The van der Waals surface area contributed by atoms with Crippen LogP contribution in [0.1, 0.15) is 41.6 Å². The molecule has 5 nitrogen and oxygen atoms in total. The maximum Gasteiger partial charge on any atom is 0.308 e. The molecule has 0 bridgehead atoms. The van der Waals surface area contributed by atoms with Crippen LogP contribution in [0.3, 0.4) is 0 Å². The van der Waals surface area contributed by atoms with E-state index in [1.54, 1.807) is 24.5 Å². The number of thiazole rings is 1. The third kappa shape index (κ3) is 4.01. The number of hydrogen-bond acceptors (Lipinski definition) is 5. The third-order valence-corrected chi connectivity index (χ3v) is 6.15. The van der Waals surface area contributed by atoms with Crippen molar-refractivity contribution in [1.29, 1.82) is 0 Å². The molecule has 0 atom stereocenters. The van der Waals surface area contributed by atoms with Crippen molar-refractivity contribution in [3.05, 3.63) is 63.5 Å². The lowest BCUT2D eigenvalue weighted by molar-refractivity contribution is 0.103. The Morgan fingerprint density at radius 1 is 0.963 bits per heavy atom. The summed E-state index contributed by atoms with van der Waals surface area (Å²) < 4.78 is 2.72. The van der Waals surface area contributed by atoms with Crippen molar-refractivity contribution >= 4 is 27.3 Å². The van der Waals surface area contributed by atoms with E-state index in [9.17, 15) is 9.59 Å². The molecule has 0 saturated carbocycles. The Hall–Kier alpha value is -2.31. The molecule has 0 unspecified atom stereocenters. The van der Waals surface area contributed by atoms with Crippen LogP contribution in [-0.4, -0.2) is 39.9 Å². The molecule has 1 aliphatic rings. The lowest BCUT2D eigenvalue weighted by Gasteiger charge is -2.19. The van der Waals surface area contributed by atoms with Crippen molar-refractivity contribution in [1.82, 2.24) is 14.5 Å². The van der Waals surface area contributed by atoms with E-state index in [0.717, 1.165) is 29.9 Å². The number of ketones is 1. The van der Waals surface area contributed by atoms with Crippen LogP contribution >= 0.6 is 11.3 Å². The van der Waals surface area contributed by atoms with Crippen LogP contribution in [0.25, 0.3) is 10.2 Å². The molecule has 1 saturated heterocycles. The Bertz CT molecular complexity index is 986. The first-order chi connectivity index (χ1) is 13.2. The van der Waals surface area contributed by atoms with Gasteiger partial charge in [-0.2, -0.15) is 0 Å². The van der Waals surface area contributed by atoms with Gasteiger partial charge in [-0.3, -0.25) is 19.1 Å². The molecule has 3 heterocycles. The van der Waals surface area contributed by atoms with Gasteiger partial charge in [-0.05, 0) is 56.3 Å². The molecule has 0 N–H and O–H groups in total. The van der Waals surface area contributed by atoms with Gasteiger partial charge in [-0.25, -0.2) is 0 Å². The summed E-state index contributed by atoms with van der Waals surface area (Å²) in [5, 5.41) is 0. The van der Waals surface area contributed by atoms with Crippen LogP contribution in [-0.2, 0) is 6.54 Å². The molecule has 27 heavy (non-hydrogen) atoms. The highest BCUT2D eigenvalue weighted by molar-refractivity contribution is 7.16. The lowest BCUT2D eigenvalue weighted by atomic mass is 10.0. The molecule has 6 heteroatoms. The number of rotatable bonds is 5. The molecule has 1 fully saturated rings. The van der Waals surface area contributed by atoms with Crippen LogP contribution in [0, 0.1) is 0 Å². The van der Waals surface area contributed by atoms with Gasteiger partial charge >= 0.3 is 4.87 Å². The third-order valence-electron chi connectivity index (χ3n) is 5.21. The Labute approximate surface area is 162 Å². The zero-order valence-electron chi connectivity index (χ0n) is 15.3. The number of pyridine rings is 1.